The first-order valence-corrected chi connectivity index (χ1v) is 8.86. The van der Waals surface area contributed by atoms with E-state index in [0.29, 0.717) is 0 Å². The van der Waals surface area contributed by atoms with Crippen LogP contribution in [-0.4, -0.2) is 52.9 Å². The SMILES string of the molecule is BrCCN1CCN(c2ncnc3c2CCCCC3)CC1. The fourth-order valence-corrected chi connectivity index (χ4v) is 3.76. The number of anilines is 1. The first-order valence-electron chi connectivity index (χ1n) is 7.74. The lowest BCUT2D eigenvalue weighted by molar-refractivity contribution is 0.273. The van der Waals surface area contributed by atoms with Crippen LogP contribution in [0, 0.1) is 0 Å². The Morgan fingerprint density at radius 1 is 1.00 bits per heavy atom. The minimum atomic E-state index is 1.07. The van der Waals surface area contributed by atoms with Crippen LogP contribution >= 0.6 is 15.9 Å². The fraction of sp³-hybridized carbons (Fsp3) is 0.733. The molecule has 3 rings (SSSR count). The van der Waals surface area contributed by atoms with Gasteiger partial charge in [0, 0.05) is 49.3 Å². The quantitative estimate of drug-likeness (QED) is 0.625. The first kappa shape index (κ1) is 14.3. The first-order chi connectivity index (χ1) is 9.88. The summed E-state index contributed by atoms with van der Waals surface area (Å²) in [6.07, 6.45) is 7.96. The zero-order valence-corrected chi connectivity index (χ0v) is 13.6. The van der Waals surface area contributed by atoms with Gasteiger partial charge in [0.15, 0.2) is 0 Å². The summed E-state index contributed by atoms with van der Waals surface area (Å²) < 4.78 is 0. The molecule has 0 radical (unpaired) electrons. The van der Waals surface area contributed by atoms with E-state index in [1.165, 1.54) is 36.3 Å². The molecular formula is C15H23BrN4. The highest BCUT2D eigenvalue weighted by Crippen LogP contribution is 2.27. The maximum absolute atomic E-state index is 4.62. The monoisotopic (exact) mass is 338 g/mol. The molecule has 20 heavy (non-hydrogen) atoms. The van der Waals surface area contributed by atoms with Gasteiger partial charge in [0.05, 0.1) is 0 Å². The van der Waals surface area contributed by atoms with Crippen molar-refractivity contribution in [3.05, 3.63) is 17.6 Å². The second kappa shape index (κ2) is 6.85. The third kappa shape index (κ3) is 3.14. The Kier molecular flexibility index (Phi) is 4.89. The second-order valence-electron chi connectivity index (χ2n) is 5.70. The van der Waals surface area contributed by atoms with Gasteiger partial charge in [-0.25, -0.2) is 9.97 Å². The van der Waals surface area contributed by atoms with Crippen molar-refractivity contribution in [3.63, 3.8) is 0 Å². The van der Waals surface area contributed by atoms with Crippen molar-refractivity contribution in [1.82, 2.24) is 14.9 Å². The van der Waals surface area contributed by atoms with Crippen molar-refractivity contribution in [2.24, 2.45) is 0 Å². The topological polar surface area (TPSA) is 32.3 Å². The number of hydrogen-bond donors (Lipinski definition) is 0. The molecule has 4 nitrogen and oxygen atoms in total. The van der Waals surface area contributed by atoms with Gasteiger partial charge in [0.2, 0.25) is 0 Å². The summed E-state index contributed by atoms with van der Waals surface area (Å²) in [5.74, 6) is 1.22. The van der Waals surface area contributed by atoms with Crippen molar-refractivity contribution >= 4 is 21.7 Å². The van der Waals surface area contributed by atoms with Crippen molar-refractivity contribution in [3.8, 4) is 0 Å². The van der Waals surface area contributed by atoms with Gasteiger partial charge in [-0.15, -0.1) is 0 Å². The van der Waals surface area contributed by atoms with Gasteiger partial charge in [-0.3, -0.25) is 4.90 Å². The van der Waals surface area contributed by atoms with Crippen molar-refractivity contribution < 1.29 is 0 Å². The molecular weight excluding hydrogens is 316 g/mol. The van der Waals surface area contributed by atoms with Gasteiger partial charge >= 0.3 is 0 Å². The zero-order valence-electron chi connectivity index (χ0n) is 12.0. The van der Waals surface area contributed by atoms with Crippen LogP contribution in [0.2, 0.25) is 0 Å². The largest absolute Gasteiger partial charge is 0.354 e. The van der Waals surface area contributed by atoms with E-state index in [2.05, 4.69) is 35.7 Å². The van der Waals surface area contributed by atoms with Gasteiger partial charge in [-0.1, -0.05) is 22.4 Å². The molecule has 0 amide bonds. The molecule has 0 spiro atoms. The van der Waals surface area contributed by atoms with E-state index in [4.69, 9.17) is 0 Å². The molecule has 0 N–H and O–H groups in total. The number of rotatable bonds is 3. The van der Waals surface area contributed by atoms with Crippen LogP contribution in [0.4, 0.5) is 5.82 Å². The highest BCUT2D eigenvalue weighted by atomic mass is 79.9. The number of piperazine rings is 1. The Balaban J connectivity index is 1.74. The van der Waals surface area contributed by atoms with Gasteiger partial charge in [-0.05, 0) is 25.7 Å². The minimum Gasteiger partial charge on any atom is -0.354 e. The lowest BCUT2D eigenvalue weighted by Crippen LogP contribution is -2.47. The molecule has 2 heterocycles. The molecule has 0 saturated carbocycles. The summed E-state index contributed by atoms with van der Waals surface area (Å²) in [7, 11) is 0. The number of aryl methyl sites for hydroxylation is 1. The normalized spacial score (nSPS) is 20.6. The van der Waals surface area contributed by atoms with Gasteiger partial charge < -0.3 is 4.90 Å². The molecule has 0 bridgehead atoms. The Labute approximate surface area is 129 Å². The van der Waals surface area contributed by atoms with Crippen LogP contribution < -0.4 is 4.90 Å². The number of hydrogen-bond acceptors (Lipinski definition) is 4. The second-order valence-corrected chi connectivity index (χ2v) is 6.49. The number of alkyl halides is 1. The van der Waals surface area contributed by atoms with Gasteiger partial charge in [0.1, 0.15) is 12.1 Å². The summed E-state index contributed by atoms with van der Waals surface area (Å²) in [6, 6.07) is 0. The smallest absolute Gasteiger partial charge is 0.135 e. The van der Waals surface area contributed by atoms with E-state index >= 15 is 0 Å². The van der Waals surface area contributed by atoms with Gasteiger partial charge in [0.25, 0.3) is 0 Å². The molecule has 1 aliphatic carbocycles. The zero-order chi connectivity index (χ0) is 13.8. The van der Waals surface area contributed by atoms with Crippen LogP contribution in [0.15, 0.2) is 6.33 Å². The lowest BCUT2D eigenvalue weighted by atomic mass is 10.1. The average Bonchev–Trinajstić information content (AvgIpc) is 2.73. The van der Waals surface area contributed by atoms with Gasteiger partial charge in [-0.2, -0.15) is 0 Å². The van der Waals surface area contributed by atoms with Crippen molar-refractivity contribution in [2.45, 2.75) is 32.1 Å². The summed E-state index contributed by atoms with van der Waals surface area (Å²) in [6.45, 7) is 5.62. The van der Waals surface area contributed by atoms with Crippen LogP contribution in [0.5, 0.6) is 0 Å². The predicted octanol–water partition coefficient (Wildman–Crippen LogP) is 2.26. The summed E-state index contributed by atoms with van der Waals surface area (Å²) in [5, 5.41) is 1.07. The molecule has 0 aromatic carbocycles. The van der Waals surface area contributed by atoms with Crippen molar-refractivity contribution in [2.75, 3.05) is 43.0 Å². The molecule has 1 saturated heterocycles. The number of halogens is 1. The van der Waals surface area contributed by atoms with E-state index in [1.807, 2.05) is 0 Å². The molecule has 5 heteroatoms. The molecule has 1 aliphatic heterocycles. The van der Waals surface area contributed by atoms with Crippen LogP contribution in [0.25, 0.3) is 0 Å². The average molecular weight is 339 g/mol. The molecule has 2 aliphatic rings. The maximum Gasteiger partial charge on any atom is 0.135 e. The molecule has 1 aromatic heterocycles. The highest BCUT2D eigenvalue weighted by Gasteiger charge is 2.22. The molecule has 0 unspecified atom stereocenters. The number of nitrogens with zero attached hydrogens (tertiary/aromatic N) is 4. The van der Waals surface area contributed by atoms with E-state index in [9.17, 15) is 0 Å². The highest BCUT2D eigenvalue weighted by molar-refractivity contribution is 9.09. The van der Waals surface area contributed by atoms with E-state index < -0.39 is 0 Å². The van der Waals surface area contributed by atoms with Crippen molar-refractivity contribution in [1.29, 1.82) is 0 Å². The molecule has 0 atom stereocenters. The van der Waals surface area contributed by atoms with E-state index in [0.717, 1.165) is 50.9 Å². The Bertz CT molecular complexity index is 443. The standard InChI is InChI=1S/C15H23BrN4/c16-6-7-19-8-10-20(11-9-19)15-13-4-2-1-3-5-14(13)17-12-18-15/h12H,1-11H2. The van der Waals surface area contributed by atoms with Crippen LogP contribution in [-0.2, 0) is 12.8 Å². The Hall–Kier alpha value is -0.680. The number of fused-ring (bicyclic) bond motifs is 1. The summed E-state index contributed by atoms with van der Waals surface area (Å²) in [5.41, 5.74) is 2.73. The van der Waals surface area contributed by atoms with E-state index in [-0.39, 0.29) is 0 Å². The molecule has 1 fully saturated rings. The fourth-order valence-electron chi connectivity index (χ4n) is 3.26. The predicted molar refractivity (Wildman–Crippen MR) is 85.7 cm³/mol. The summed E-state index contributed by atoms with van der Waals surface area (Å²) in [4.78, 5) is 14.1. The Morgan fingerprint density at radius 3 is 2.60 bits per heavy atom. The van der Waals surface area contributed by atoms with Crippen LogP contribution in [0.1, 0.15) is 30.5 Å². The number of aromatic nitrogens is 2. The Morgan fingerprint density at radius 2 is 1.80 bits per heavy atom. The lowest BCUT2D eigenvalue weighted by Gasteiger charge is -2.36. The van der Waals surface area contributed by atoms with Crippen LogP contribution in [0.3, 0.4) is 0 Å². The summed E-state index contributed by atoms with van der Waals surface area (Å²) >= 11 is 3.53. The molecule has 110 valence electrons. The van der Waals surface area contributed by atoms with E-state index in [1.54, 1.807) is 6.33 Å². The third-order valence-corrected chi connectivity index (χ3v) is 4.78. The third-order valence-electron chi connectivity index (χ3n) is 4.42. The minimum absolute atomic E-state index is 1.07. The maximum atomic E-state index is 4.62. The molecule has 1 aromatic rings.